The molecule has 0 bridgehead atoms. The van der Waals surface area contributed by atoms with Crippen LogP contribution in [0.25, 0.3) is 0 Å². The molecule has 2 unspecified atom stereocenters. The van der Waals surface area contributed by atoms with E-state index in [1.807, 2.05) is 0 Å². The van der Waals surface area contributed by atoms with E-state index in [9.17, 15) is 9.90 Å². The van der Waals surface area contributed by atoms with Gasteiger partial charge in [0.1, 0.15) is 5.76 Å². The summed E-state index contributed by atoms with van der Waals surface area (Å²) < 4.78 is 5.21. The van der Waals surface area contributed by atoms with Gasteiger partial charge in [0.05, 0.1) is 6.10 Å². The molecule has 0 spiro atoms. The van der Waals surface area contributed by atoms with E-state index in [-0.39, 0.29) is 17.9 Å². The molecule has 1 aliphatic rings. The van der Waals surface area contributed by atoms with Crippen LogP contribution >= 0.6 is 0 Å². The van der Waals surface area contributed by atoms with Crippen molar-refractivity contribution in [2.75, 3.05) is 6.54 Å². The third-order valence-corrected chi connectivity index (χ3v) is 3.11. The van der Waals surface area contributed by atoms with Crippen molar-refractivity contribution >= 4 is 5.91 Å². The Kier molecular flexibility index (Phi) is 3.29. The lowest BCUT2D eigenvalue weighted by Crippen LogP contribution is -2.32. The van der Waals surface area contributed by atoms with E-state index >= 15 is 0 Å². The number of aliphatic hydroxyl groups is 1. The van der Waals surface area contributed by atoms with Crippen molar-refractivity contribution in [2.24, 2.45) is 5.92 Å². The van der Waals surface area contributed by atoms with E-state index in [1.54, 1.807) is 19.1 Å². The van der Waals surface area contributed by atoms with Gasteiger partial charge >= 0.3 is 0 Å². The van der Waals surface area contributed by atoms with E-state index in [0.717, 1.165) is 25.0 Å². The number of amides is 1. The predicted octanol–water partition coefficient (Wildman–Crippen LogP) is 1.48. The van der Waals surface area contributed by atoms with Gasteiger partial charge in [0.2, 0.25) is 0 Å². The van der Waals surface area contributed by atoms with Gasteiger partial charge in [0.25, 0.3) is 5.91 Å². The molecule has 0 aromatic carbocycles. The molecule has 0 saturated heterocycles. The fraction of sp³-hybridized carbons (Fsp3) is 0.583. The fourth-order valence-corrected chi connectivity index (χ4v) is 2.12. The maximum atomic E-state index is 11.6. The number of carbonyl (C=O) groups excluding carboxylic acids is 1. The molecule has 0 aliphatic heterocycles. The number of nitrogens with one attached hydrogen (secondary N) is 1. The normalized spacial score (nSPS) is 24.6. The van der Waals surface area contributed by atoms with Crippen LogP contribution in [-0.2, 0) is 0 Å². The zero-order valence-corrected chi connectivity index (χ0v) is 9.40. The summed E-state index contributed by atoms with van der Waals surface area (Å²) in [6.07, 6.45) is 2.61. The Morgan fingerprint density at radius 1 is 1.56 bits per heavy atom. The van der Waals surface area contributed by atoms with Gasteiger partial charge in [0.15, 0.2) is 5.76 Å². The number of rotatable bonds is 3. The van der Waals surface area contributed by atoms with Crippen LogP contribution in [0, 0.1) is 12.8 Å². The maximum absolute atomic E-state index is 11.6. The van der Waals surface area contributed by atoms with E-state index in [4.69, 9.17) is 4.42 Å². The van der Waals surface area contributed by atoms with Crippen LogP contribution in [-0.4, -0.2) is 23.7 Å². The highest BCUT2D eigenvalue weighted by Crippen LogP contribution is 2.24. The minimum absolute atomic E-state index is 0.194. The molecule has 2 rings (SSSR count). The van der Waals surface area contributed by atoms with Crippen LogP contribution in [0.2, 0.25) is 0 Å². The van der Waals surface area contributed by atoms with Gasteiger partial charge in [0, 0.05) is 12.5 Å². The van der Waals surface area contributed by atoms with Crippen molar-refractivity contribution < 1.29 is 14.3 Å². The van der Waals surface area contributed by atoms with Crippen molar-refractivity contribution in [3.8, 4) is 0 Å². The molecule has 4 nitrogen and oxygen atoms in total. The molecule has 2 atom stereocenters. The zero-order valence-electron chi connectivity index (χ0n) is 9.40. The Balaban J connectivity index is 1.84. The standard InChI is InChI=1S/C12H17NO3/c1-8-5-6-11(16-8)12(15)13-7-9-3-2-4-10(9)14/h5-6,9-10,14H,2-4,7H2,1H3,(H,13,15). The molecule has 1 amide bonds. The van der Waals surface area contributed by atoms with Crippen molar-refractivity contribution in [1.82, 2.24) is 5.32 Å². The van der Waals surface area contributed by atoms with Crippen LogP contribution in [0.1, 0.15) is 35.6 Å². The molecule has 1 aliphatic carbocycles. The highest BCUT2D eigenvalue weighted by Gasteiger charge is 2.25. The molecule has 88 valence electrons. The number of aliphatic hydroxyl groups excluding tert-OH is 1. The SMILES string of the molecule is Cc1ccc(C(=O)NCC2CCCC2O)o1. The number of aryl methyl sites for hydroxylation is 1. The number of hydrogen-bond donors (Lipinski definition) is 2. The lowest BCUT2D eigenvalue weighted by molar-refractivity contribution is 0.0889. The average Bonchev–Trinajstić information content (AvgIpc) is 2.84. The van der Waals surface area contributed by atoms with Crippen LogP contribution in [0.5, 0.6) is 0 Å². The molecule has 0 radical (unpaired) electrons. The highest BCUT2D eigenvalue weighted by atomic mass is 16.3. The van der Waals surface area contributed by atoms with Gasteiger partial charge in [-0.3, -0.25) is 4.79 Å². The quantitative estimate of drug-likeness (QED) is 0.815. The zero-order chi connectivity index (χ0) is 11.5. The number of carbonyl (C=O) groups is 1. The third kappa shape index (κ3) is 2.44. The number of hydrogen-bond acceptors (Lipinski definition) is 3. The highest BCUT2D eigenvalue weighted by molar-refractivity contribution is 5.91. The molecule has 1 aromatic heterocycles. The van der Waals surface area contributed by atoms with E-state index in [0.29, 0.717) is 12.3 Å². The maximum Gasteiger partial charge on any atom is 0.287 e. The van der Waals surface area contributed by atoms with Gasteiger partial charge in [-0.25, -0.2) is 0 Å². The topological polar surface area (TPSA) is 62.5 Å². The summed E-state index contributed by atoms with van der Waals surface area (Å²) in [6.45, 7) is 2.33. The van der Waals surface area contributed by atoms with Crippen molar-refractivity contribution in [3.63, 3.8) is 0 Å². The van der Waals surface area contributed by atoms with Gasteiger partial charge in [-0.1, -0.05) is 6.42 Å². The van der Waals surface area contributed by atoms with Gasteiger partial charge in [-0.15, -0.1) is 0 Å². The molecule has 1 aromatic rings. The second-order valence-corrected chi connectivity index (χ2v) is 4.38. The van der Waals surface area contributed by atoms with Gasteiger partial charge in [-0.05, 0) is 31.9 Å². The Morgan fingerprint density at radius 2 is 2.38 bits per heavy atom. The van der Waals surface area contributed by atoms with Crippen LogP contribution in [0.15, 0.2) is 16.5 Å². The van der Waals surface area contributed by atoms with Crippen LogP contribution < -0.4 is 5.32 Å². The molecule has 1 heterocycles. The summed E-state index contributed by atoms with van der Waals surface area (Å²) in [4.78, 5) is 11.6. The predicted molar refractivity (Wildman–Crippen MR) is 59.1 cm³/mol. The second kappa shape index (κ2) is 4.70. The molecule has 4 heteroatoms. The second-order valence-electron chi connectivity index (χ2n) is 4.38. The first kappa shape index (κ1) is 11.2. The fourth-order valence-electron chi connectivity index (χ4n) is 2.12. The Hall–Kier alpha value is -1.29. The van der Waals surface area contributed by atoms with E-state index in [2.05, 4.69) is 5.32 Å². The summed E-state index contributed by atoms with van der Waals surface area (Å²) >= 11 is 0. The molecular formula is C12H17NO3. The Bertz CT molecular complexity index is 372. The van der Waals surface area contributed by atoms with E-state index < -0.39 is 0 Å². The lowest BCUT2D eigenvalue weighted by Gasteiger charge is -2.14. The first-order valence-corrected chi connectivity index (χ1v) is 5.69. The molecule has 1 fully saturated rings. The van der Waals surface area contributed by atoms with Crippen molar-refractivity contribution in [2.45, 2.75) is 32.3 Å². The molecular weight excluding hydrogens is 206 g/mol. The van der Waals surface area contributed by atoms with Crippen LogP contribution in [0.4, 0.5) is 0 Å². The number of furan rings is 1. The minimum Gasteiger partial charge on any atom is -0.456 e. The third-order valence-electron chi connectivity index (χ3n) is 3.11. The van der Waals surface area contributed by atoms with Crippen molar-refractivity contribution in [1.29, 1.82) is 0 Å². The molecule has 1 saturated carbocycles. The largest absolute Gasteiger partial charge is 0.456 e. The molecule has 2 N–H and O–H groups in total. The monoisotopic (exact) mass is 223 g/mol. The molecule has 16 heavy (non-hydrogen) atoms. The Morgan fingerprint density at radius 3 is 2.94 bits per heavy atom. The minimum atomic E-state index is -0.265. The van der Waals surface area contributed by atoms with Gasteiger partial charge in [-0.2, -0.15) is 0 Å². The Labute approximate surface area is 94.6 Å². The lowest BCUT2D eigenvalue weighted by atomic mass is 10.1. The first-order valence-electron chi connectivity index (χ1n) is 5.69. The summed E-state index contributed by atoms with van der Waals surface area (Å²) in [6, 6.07) is 3.43. The average molecular weight is 223 g/mol. The first-order chi connectivity index (χ1) is 7.66. The summed E-state index contributed by atoms with van der Waals surface area (Å²) in [5, 5.41) is 12.4. The summed E-state index contributed by atoms with van der Waals surface area (Å²) in [5.74, 6) is 1.06. The van der Waals surface area contributed by atoms with E-state index in [1.165, 1.54) is 0 Å². The summed E-state index contributed by atoms with van der Waals surface area (Å²) in [7, 11) is 0. The smallest absolute Gasteiger partial charge is 0.287 e. The van der Waals surface area contributed by atoms with Crippen molar-refractivity contribution in [3.05, 3.63) is 23.7 Å². The summed E-state index contributed by atoms with van der Waals surface area (Å²) in [5.41, 5.74) is 0. The van der Waals surface area contributed by atoms with Crippen LogP contribution in [0.3, 0.4) is 0 Å². The van der Waals surface area contributed by atoms with Gasteiger partial charge < -0.3 is 14.8 Å².